The molecule has 1 aromatic rings. The van der Waals surface area contributed by atoms with Gasteiger partial charge in [-0.2, -0.15) is 5.26 Å². The number of hydrogen-bond donors (Lipinski definition) is 0. The Morgan fingerprint density at radius 3 is 2.40 bits per heavy atom. The summed E-state index contributed by atoms with van der Waals surface area (Å²) in [7, 11) is 0. The van der Waals surface area contributed by atoms with Gasteiger partial charge in [-0.05, 0) is 30.5 Å². The normalized spacial score (nSPS) is 10.1. The highest BCUT2D eigenvalue weighted by molar-refractivity contribution is 5.76. The minimum Gasteiger partial charge on any atom is -0.338 e. The fourth-order valence-electron chi connectivity index (χ4n) is 2.15. The van der Waals surface area contributed by atoms with Gasteiger partial charge in [0.1, 0.15) is 0 Å². The van der Waals surface area contributed by atoms with Gasteiger partial charge in [0.2, 0.25) is 5.91 Å². The molecule has 1 amide bonds. The van der Waals surface area contributed by atoms with Gasteiger partial charge in [0, 0.05) is 19.5 Å². The first-order valence-electron chi connectivity index (χ1n) is 7.48. The molecule has 0 heterocycles. The van der Waals surface area contributed by atoms with Crippen LogP contribution in [0.4, 0.5) is 0 Å². The Morgan fingerprint density at radius 1 is 1.15 bits per heavy atom. The molecule has 0 unspecified atom stereocenters. The molecule has 0 aromatic heterocycles. The highest BCUT2D eigenvalue weighted by Crippen LogP contribution is 2.10. The number of carbonyl (C=O) groups excluding carboxylic acids is 1. The molecule has 0 bridgehead atoms. The predicted octanol–water partition coefficient (Wildman–Crippen LogP) is 3.88. The van der Waals surface area contributed by atoms with Crippen LogP contribution in [0.25, 0.3) is 0 Å². The molecule has 0 aliphatic heterocycles. The predicted molar refractivity (Wildman–Crippen MR) is 81.0 cm³/mol. The Morgan fingerprint density at radius 2 is 1.85 bits per heavy atom. The van der Waals surface area contributed by atoms with Crippen LogP contribution >= 0.6 is 0 Å². The lowest BCUT2D eigenvalue weighted by Crippen LogP contribution is -2.31. The first kappa shape index (κ1) is 16.2. The molecule has 0 radical (unpaired) electrons. The average Bonchev–Trinajstić information content (AvgIpc) is 2.47. The summed E-state index contributed by atoms with van der Waals surface area (Å²) < 4.78 is 0. The van der Waals surface area contributed by atoms with Crippen LogP contribution < -0.4 is 0 Å². The molecule has 0 N–H and O–H groups in total. The quantitative estimate of drug-likeness (QED) is 0.674. The molecular formula is C17H24N2O. The molecule has 0 saturated heterocycles. The van der Waals surface area contributed by atoms with E-state index in [9.17, 15) is 4.79 Å². The van der Waals surface area contributed by atoms with Crippen LogP contribution in [0.2, 0.25) is 0 Å². The van der Waals surface area contributed by atoms with Crippen LogP contribution in [0.5, 0.6) is 0 Å². The van der Waals surface area contributed by atoms with Gasteiger partial charge in [0.05, 0.1) is 11.6 Å². The van der Waals surface area contributed by atoms with Gasteiger partial charge in [-0.3, -0.25) is 4.79 Å². The number of hydrogen-bond acceptors (Lipinski definition) is 2. The summed E-state index contributed by atoms with van der Waals surface area (Å²) in [6.45, 7) is 5.67. The maximum atomic E-state index is 12.2. The number of nitriles is 1. The fourth-order valence-corrected chi connectivity index (χ4v) is 2.15. The van der Waals surface area contributed by atoms with Crippen molar-refractivity contribution < 1.29 is 4.79 Å². The smallest absolute Gasteiger partial charge is 0.222 e. The molecule has 1 aromatic carbocycles. The van der Waals surface area contributed by atoms with Gasteiger partial charge in [-0.1, -0.05) is 38.8 Å². The van der Waals surface area contributed by atoms with Crippen molar-refractivity contribution in [2.45, 2.75) is 52.5 Å². The lowest BCUT2D eigenvalue weighted by Gasteiger charge is -2.22. The average molecular weight is 272 g/mol. The van der Waals surface area contributed by atoms with Gasteiger partial charge in [0.25, 0.3) is 0 Å². The molecule has 0 spiro atoms. The van der Waals surface area contributed by atoms with Crippen molar-refractivity contribution >= 4 is 5.91 Å². The highest BCUT2D eigenvalue weighted by Gasteiger charge is 2.12. The molecule has 1 rings (SSSR count). The number of benzene rings is 1. The van der Waals surface area contributed by atoms with Crippen LogP contribution in [0.3, 0.4) is 0 Å². The maximum absolute atomic E-state index is 12.2. The SMILES string of the molecule is CCCCCC(=O)N(CCC)Cc1ccc(C#N)cc1. The van der Waals surface area contributed by atoms with Gasteiger partial charge in [0.15, 0.2) is 0 Å². The Bertz CT molecular complexity index is 445. The standard InChI is InChI=1S/C17H24N2O/c1-3-5-6-7-17(20)19(12-4-2)14-16-10-8-15(13-18)9-11-16/h8-11H,3-7,12,14H2,1-2H3. The van der Waals surface area contributed by atoms with Crippen molar-refractivity contribution in [3.63, 3.8) is 0 Å². The van der Waals surface area contributed by atoms with Crippen molar-refractivity contribution in [2.75, 3.05) is 6.54 Å². The zero-order valence-electron chi connectivity index (χ0n) is 12.6. The second-order valence-corrected chi connectivity index (χ2v) is 5.08. The Labute approximate surface area is 122 Å². The van der Waals surface area contributed by atoms with Crippen molar-refractivity contribution in [3.05, 3.63) is 35.4 Å². The molecule has 3 heteroatoms. The second kappa shape index (κ2) is 9.14. The minimum atomic E-state index is 0.240. The Balaban J connectivity index is 2.60. The van der Waals surface area contributed by atoms with Crippen LogP contribution in [0.15, 0.2) is 24.3 Å². The number of unbranched alkanes of at least 4 members (excludes halogenated alkanes) is 2. The van der Waals surface area contributed by atoms with Crippen LogP contribution in [-0.2, 0) is 11.3 Å². The van der Waals surface area contributed by atoms with E-state index in [-0.39, 0.29) is 5.91 Å². The summed E-state index contributed by atoms with van der Waals surface area (Å²) in [5.41, 5.74) is 1.74. The van der Waals surface area contributed by atoms with E-state index in [0.29, 0.717) is 18.5 Å². The van der Waals surface area contributed by atoms with E-state index in [4.69, 9.17) is 5.26 Å². The van der Waals surface area contributed by atoms with Crippen molar-refractivity contribution in [1.82, 2.24) is 4.90 Å². The van der Waals surface area contributed by atoms with Gasteiger partial charge in [-0.25, -0.2) is 0 Å². The van der Waals surface area contributed by atoms with E-state index in [1.807, 2.05) is 17.0 Å². The molecule has 0 aliphatic rings. The number of amides is 1. The number of nitrogens with zero attached hydrogens (tertiary/aromatic N) is 2. The lowest BCUT2D eigenvalue weighted by molar-refractivity contribution is -0.132. The Hall–Kier alpha value is -1.82. The van der Waals surface area contributed by atoms with E-state index in [1.54, 1.807) is 12.1 Å². The third-order valence-electron chi connectivity index (χ3n) is 3.30. The van der Waals surface area contributed by atoms with Crippen molar-refractivity contribution in [2.24, 2.45) is 0 Å². The number of carbonyl (C=O) groups is 1. The molecule has 0 atom stereocenters. The molecule has 0 fully saturated rings. The summed E-state index contributed by atoms with van der Waals surface area (Å²) in [6.07, 6.45) is 4.84. The van der Waals surface area contributed by atoms with E-state index in [0.717, 1.165) is 37.8 Å². The zero-order chi connectivity index (χ0) is 14.8. The Kier molecular flexibility index (Phi) is 7.42. The maximum Gasteiger partial charge on any atom is 0.222 e. The van der Waals surface area contributed by atoms with E-state index in [2.05, 4.69) is 19.9 Å². The first-order valence-corrected chi connectivity index (χ1v) is 7.48. The topological polar surface area (TPSA) is 44.1 Å². The van der Waals surface area contributed by atoms with Crippen molar-refractivity contribution in [1.29, 1.82) is 5.26 Å². The molecule has 0 aliphatic carbocycles. The second-order valence-electron chi connectivity index (χ2n) is 5.08. The van der Waals surface area contributed by atoms with Crippen LogP contribution in [0, 0.1) is 11.3 Å². The zero-order valence-corrected chi connectivity index (χ0v) is 12.6. The van der Waals surface area contributed by atoms with E-state index in [1.165, 1.54) is 0 Å². The van der Waals surface area contributed by atoms with Gasteiger partial charge >= 0.3 is 0 Å². The third kappa shape index (κ3) is 5.44. The largest absolute Gasteiger partial charge is 0.338 e. The van der Waals surface area contributed by atoms with Gasteiger partial charge < -0.3 is 4.90 Å². The minimum absolute atomic E-state index is 0.240. The van der Waals surface area contributed by atoms with Gasteiger partial charge in [-0.15, -0.1) is 0 Å². The van der Waals surface area contributed by atoms with Crippen LogP contribution in [-0.4, -0.2) is 17.4 Å². The summed E-state index contributed by atoms with van der Waals surface area (Å²) in [6, 6.07) is 9.58. The van der Waals surface area contributed by atoms with Crippen molar-refractivity contribution in [3.8, 4) is 6.07 Å². The highest BCUT2D eigenvalue weighted by atomic mass is 16.2. The third-order valence-corrected chi connectivity index (χ3v) is 3.30. The van der Waals surface area contributed by atoms with E-state index < -0.39 is 0 Å². The summed E-state index contributed by atoms with van der Waals surface area (Å²) >= 11 is 0. The first-order chi connectivity index (χ1) is 9.71. The molecule has 3 nitrogen and oxygen atoms in total. The summed E-state index contributed by atoms with van der Waals surface area (Å²) in [5.74, 6) is 0.240. The summed E-state index contributed by atoms with van der Waals surface area (Å²) in [5, 5.41) is 8.79. The summed E-state index contributed by atoms with van der Waals surface area (Å²) in [4.78, 5) is 14.1. The number of rotatable bonds is 8. The molecular weight excluding hydrogens is 248 g/mol. The monoisotopic (exact) mass is 272 g/mol. The molecule has 20 heavy (non-hydrogen) atoms. The molecule has 108 valence electrons. The van der Waals surface area contributed by atoms with Crippen LogP contribution in [0.1, 0.15) is 57.1 Å². The molecule has 0 saturated carbocycles. The fraction of sp³-hybridized carbons (Fsp3) is 0.529. The lowest BCUT2D eigenvalue weighted by atomic mass is 10.1. The van der Waals surface area contributed by atoms with E-state index >= 15 is 0 Å².